The number of nitrogens with zero attached hydrogens (tertiary/aromatic N) is 1. The third-order valence-electron chi connectivity index (χ3n) is 3.16. The maximum absolute atomic E-state index is 4.77. The minimum atomic E-state index is 0.271. The summed E-state index contributed by atoms with van der Waals surface area (Å²) in [7, 11) is 0. The average Bonchev–Trinajstić information content (AvgIpc) is 2.97. The van der Waals surface area contributed by atoms with Gasteiger partial charge >= 0.3 is 0 Å². The standard InChI is InChI=1S/C16H16N2S2/c1-19-14-9-5-8-13(10-14)17-16-18-15(11-20-16)12-6-3-2-4-7-12/h2-10,15H,11H2,1H3,(H,17,18). The number of rotatable bonds is 3. The molecule has 0 saturated heterocycles. The number of nitrogens with one attached hydrogen (secondary N) is 1. The smallest absolute Gasteiger partial charge is 0.161 e. The van der Waals surface area contributed by atoms with Crippen molar-refractivity contribution in [3.05, 3.63) is 60.2 Å². The molecule has 2 aromatic rings. The molecule has 0 aromatic heterocycles. The third-order valence-corrected chi connectivity index (χ3v) is 4.85. The summed E-state index contributed by atoms with van der Waals surface area (Å²) in [5.74, 6) is 1.01. The van der Waals surface area contributed by atoms with Crippen LogP contribution in [0.1, 0.15) is 11.6 Å². The lowest BCUT2D eigenvalue weighted by molar-refractivity contribution is 0.849. The number of hydrogen-bond donors (Lipinski definition) is 1. The van der Waals surface area contributed by atoms with Gasteiger partial charge in [-0.25, -0.2) is 0 Å². The van der Waals surface area contributed by atoms with Crippen LogP contribution < -0.4 is 5.32 Å². The maximum atomic E-state index is 4.77. The zero-order valence-electron chi connectivity index (χ0n) is 11.2. The Hall–Kier alpha value is -1.39. The van der Waals surface area contributed by atoms with Crippen molar-refractivity contribution in [3.8, 4) is 0 Å². The summed E-state index contributed by atoms with van der Waals surface area (Å²) in [6.07, 6.45) is 2.09. The number of anilines is 1. The highest BCUT2D eigenvalue weighted by molar-refractivity contribution is 8.14. The van der Waals surface area contributed by atoms with Gasteiger partial charge in [-0.05, 0) is 30.0 Å². The second-order valence-corrected chi connectivity index (χ2v) is 6.42. The average molecular weight is 300 g/mol. The van der Waals surface area contributed by atoms with Crippen LogP contribution in [0.2, 0.25) is 0 Å². The Morgan fingerprint density at radius 3 is 2.80 bits per heavy atom. The van der Waals surface area contributed by atoms with Crippen LogP contribution >= 0.6 is 23.5 Å². The molecular weight excluding hydrogens is 284 g/mol. The van der Waals surface area contributed by atoms with Crippen LogP contribution in [0.25, 0.3) is 0 Å². The Kier molecular flexibility index (Phi) is 4.33. The first-order valence-corrected chi connectivity index (χ1v) is 8.73. The number of aliphatic imine (C=N–C) groups is 1. The predicted molar refractivity (Wildman–Crippen MR) is 90.9 cm³/mol. The lowest BCUT2D eigenvalue weighted by Gasteiger charge is -2.06. The SMILES string of the molecule is CSc1cccc(NC2=NC(c3ccccc3)CS2)c1. The molecule has 4 heteroatoms. The van der Waals surface area contributed by atoms with Crippen LogP contribution in [0, 0.1) is 0 Å². The van der Waals surface area contributed by atoms with E-state index >= 15 is 0 Å². The number of hydrogen-bond acceptors (Lipinski definition) is 4. The van der Waals surface area contributed by atoms with Crippen molar-refractivity contribution >= 4 is 34.4 Å². The van der Waals surface area contributed by atoms with Gasteiger partial charge in [0.1, 0.15) is 0 Å². The number of thioether (sulfide) groups is 2. The van der Waals surface area contributed by atoms with Crippen molar-refractivity contribution in [2.75, 3.05) is 17.3 Å². The van der Waals surface area contributed by atoms with Crippen molar-refractivity contribution < 1.29 is 0 Å². The van der Waals surface area contributed by atoms with Crippen LogP contribution in [-0.2, 0) is 0 Å². The van der Waals surface area contributed by atoms with E-state index < -0.39 is 0 Å². The molecule has 0 fully saturated rings. The second kappa shape index (κ2) is 6.37. The monoisotopic (exact) mass is 300 g/mol. The van der Waals surface area contributed by atoms with Gasteiger partial charge < -0.3 is 5.32 Å². The highest BCUT2D eigenvalue weighted by Gasteiger charge is 2.19. The molecule has 3 rings (SSSR count). The van der Waals surface area contributed by atoms with Gasteiger partial charge in [0.05, 0.1) is 6.04 Å². The fourth-order valence-corrected chi connectivity index (χ4v) is 3.55. The molecule has 2 aromatic carbocycles. The quantitative estimate of drug-likeness (QED) is 0.834. The summed E-state index contributed by atoms with van der Waals surface area (Å²) >= 11 is 3.54. The zero-order valence-corrected chi connectivity index (χ0v) is 12.9. The first-order chi connectivity index (χ1) is 9.85. The summed E-state index contributed by atoms with van der Waals surface area (Å²) < 4.78 is 0. The lowest BCUT2D eigenvalue weighted by atomic mass is 10.1. The molecule has 1 heterocycles. The van der Waals surface area contributed by atoms with Crippen molar-refractivity contribution in [3.63, 3.8) is 0 Å². The molecule has 1 aliphatic heterocycles. The van der Waals surface area contributed by atoms with Gasteiger partial charge in [-0.15, -0.1) is 11.8 Å². The normalized spacial score (nSPS) is 17.9. The molecule has 0 saturated carbocycles. The lowest BCUT2D eigenvalue weighted by Crippen LogP contribution is -2.04. The van der Waals surface area contributed by atoms with E-state index in [1.165, 1.54) is 10.5 Å². The Bertz CT molecular complexity index is 611. The topological polar surface area (TPSA) is 24.4 Å². The number of benzene rings is 2. The zero-order chi connectivity index (χ0) is 13.8. The summed E-state index contributed by atoms with van der Waals surface area (Å²) in [5, 5.41) is 4.43. The Morgan fingerprint density at radius 1 is 1.15 bits per heavy atom. The van der Waals surface area contributed by atoms with Gasteiger partial charge in [0, 0.05) is 16.3 Å². The molecule has 0 amide bonds. The van der Waals surface area contributed by atoms with Crippen LogP contribution in [0.3, 0.4) is 0 Å². The van der Waals surface area contributed by atoms with E-state index in [1.807, 2.05) is 6.07 Å². The molecule has 0 spiro atoms. The largest absolute Gasteiger partial charge is 0.335 e. The van der Waals surface area contributed by atoms with E-state index in [1.54, 1.807) is 23.5 Å². The van der Waals surface area contributed by atoms with E-state index in [-0.39, 0.29) is 6.04 Å². The van der Waals surface area contributed by atoms with E-state index in [0.29, 0.717) is 0 Å². The minimum Gasteiger partial charge on any atom is -0.335 e. The van der Waals surface area contributed by atoms with Gasteiger partial charge in [-0.1, -0.05) is 48.2 Å². The molecule has 2 nitrogen and oxygen atoms in total. The first kappa shape index (κ1) is 13.6. The predicted octanol–water partition coefficient (Wildman–Crippen LogP) is 4.66. The fourth-order valence-electron chi connectivity index (χ4n) is 2.11. The van der Waals surface area contributed by atoms with Gasteiger partial charge in [0.2, 0.25) is 0 Å². The maximum Gasteiger partial charge on any atom is 0.161 e. The summed E-state index contributed by atoms with van der Waals surface area (Å²) in [5.41, 5.74) is 2.39. The molecule has 1 atom stereocenters. The fraction of sp³-hybridized carbons (Fsp3) is 0.188. The molecule has 1 unspecified atom stereocenters. The van der Waals surface area contributed by atoms with Gasteiger partial charge in [0.25, 0.3) is 0 Å². The summed E-state index contributed by atoms with van der Waals surface area (Å²) in [4.78, 5) is 6.03. The van der Waals surface area contributed by atoms with E-state index in [4.69, 9.17) is 4.99 Å². The van der Waals surface area contributed by atoms with Crippen LogP contribution in [-0.4, -0.2) is 17.2 Å². The van der Waals surface area contributed by atoms with Crippen molar-refractivity contribution in [2.24, 2.45) is 4.99 Å². The highest BCUT2D eigenvalue weighted by atomic mass is 32.2. The molecule has 1 N–H and O–H groups in total. The Morgan fingerprint density at radius 2 is 2.00 bits per heavy atom. The van der Waals surface area contributed by atoms with Crippen LogP contribution in [0.5, 0.6) is 0 Å². The Labute approximate surface area is 128 Å². The molecule has 0 bridgehead atoms. The molecule has 0 aliphatic carbocycles. The van der Waals surface area contributed by atoms with Crippen molar-refractivity contribution in [1.29, 1.82) is 0 Å². The van der Waals surface area contributed by atoms with Crippen molar-refractivity contribution in [1.82, 2.24) is 0 Å². The molecule has 102 valence electrons. The van der Waals surface area contributed by atoms with Gasteiger partial charge in [-0.3, -0.25) is 4.99 Å². The van der Waals surface area contributed by atoms with E-state index in [2.05, 4.69) is 60.1 Å². The molecular formula is C16H16N2S2. The van der Waals surface area contributed by atoms with Crippen molar-refractivity contribution in [2.45, 2.75) is 10.9 Å². The highest BCUT2D eigenvalue weighted by Crippen LogP contribution is 2.31. The second-order valence-electron chi connectivity index (χ2n) is 4.53. The van der Waals surface area contributed by atoms with Gasteiger partial charge in [0.15, 0.2) is 5.17 Å². The third kappa shape index (κ3) is 3.19. The minimum absolute atomic E-state index is 0.271. The Balaban J connectivity index is 1.72. The molecule has 1 aliphatic rings. The molecule has 0 radical (unpaired) electrons. The summed E-state index contributed by atoms with van der Waals surface area (Å²) in [6, 6.07) is 19.2. The van der Waals surface area contributed by atoms with Gasteiger partial charge in [-0.2, -0.15) is 0 Å². The molecule has 20 heavy (non-hydrogen) atoms. The van der Waals surface area contributed by atoms with E-state index in [0.717, 1.165) is 16.6 Å². The summed E-state index contributed by atoms with van der Waals surface area (Å²) in [6.45, 7) is 0. The van der Waals surface area contributed by atoms with Crippen LogP contribution in [0.15, 0.2) is 64.5 Å². The number of amidine groups is 1. The van der Waals surface area contributed by atoms with Crippen LogP contribution in [0.4, 0.5) is 5.69 Å². The van der Waals surface area contributed by atoms with E-state index in [9.17, 15) is 0 Å². The first-order valence-electron chi connectivity index (χ1n) is 6.52.